The van der Waals surface area contributed by atoms with Crippen molar-refractivity contribution in [2.75, 3.05) is 13.2 Å². The highest BCUT2D eigenvalue weighted by Crippen LogP contribution is 2.39. The quantitative estimate of drug-likeness (QED) is 0.347. The molecular weight excluding hydrogens is 412 g/mol. The van der Waals surface area contributed by atoms with Gasteiger partial charge in [-0.15, -0.1) is 0 Å². The summed E-state index contributed by atoms with van der Waals surface area (Å²) in [6, 6.07) is 9.80. The lowest BCUT2D eigenvalue weighted by atomic mass is 10.1. The fourth-order valence-electron chi connectivity index (χ4n) is 3.24. The maximum absolute atomic E-state index is 12.4. The summed E-state index contributed by atoms with van der Waals surface area (Å²) in [5.74, 6) is 0. The van der Waals surface area contributed by atoms with Gasteiger partial charge in [0.2, 0.25) is 0 Å². The van der Waals surface area contributed by atoms with Gasteiger partial charge >= 0.3 is 0 Å². The molecule has 0 fully saturated rings. The van der Waals surface area contributed by atoms with Crippen LogP contribution in [0.1, 0.15) is 50.7 Å². The zero-order chi connectivity index (χ0) is 21.1. The van der Waals surface area contributed by atoms with Crippen LogP contribution in [0, 0.1) is 0 Å². The predicted octanol–water partition coefficient (Wildman–Crippen LogP) is 4.27. The van der Waals surface area contributed by atoms with Crippen molar-refractivity contribution >= 4 is 20.2 Å². The maximum Gasteiger partial charge on any atom is 0.296 e. The molecule has 0 saturated heterocycles. The van der Waals surface area contributed by atoms with Gasteiger partial charge in [0, 0.05) is 0 Å². The Bertz CT molecular complexity index is 1000. The Morgan fingerprint density at radius 2 is 1.14 bits per heavy atom. The summed E-state index contributed by atoms with van der Waals surface area (Å²) in [4.78, 5) is 0.242. The van der Waals surface area contributed by atoms with Gasteiger partial charge in [0.1, 0.15) is 0 Å². The molecule has 3 rings (SSSR count). The van der Waals surface area contributed by atoms with Crippen molar-refractivity contribution in [2.45, 2.75) is 55.7 Å². The first-order chi connectivity index (χ1) is 13.8. The van der Waals surface area contributed by atoms with Gasteiger partial charge in [-0.25, -0.2) is 0 Å². The smallest absolute Gasteiger partial charge is 0.266 e. The van der Waals surface area contributed by atoms with Crippen molar-refractivity contribution in [1.29, 1.82) is 0 Å². The molecule has 2 aromatic carbocycles. The molecule has 0 bridgehead atoms. The van der Waals surface area contributed by atoms with Gasteiger partial charge in [-0.3, -0.25) is 8.37 Å². The van der Waals surface area contributed by atoms with E-state index in [2.05, 4.69) is 0 Å². The molecule has 6 nitrogen and oxygen atoms in total. The Hall–Kier alpha value is -1.74. The van der Waals surface area contributed by atoms with Crippen LogP contribution in [-0.2, 0) is 35.0 Å². The molecule has 0 aromatic heterocycles. The molecule has 158 valence electrons. The van der Waals surface area contributed by atoms with Gasteiger partial charge in [0.05, 0.1) is 23.0 Å². The second kappa shape index (κ2) is 8.95. The molecule has 0 spiro atoms. The van der Waals surface area contributed by atoms with Gasteiger partial charge in [0.25, 0.3) is 20.2 Å². The molecule has 0 radical (unpaired) electrons. The molecule has 1 aliphatic carbocycles. The largest absolute Gasteiger partial charge is 0.296 e. The van der Waals surface area contributed by atoms with E-state index in [9.17, 15) is 16.8 Å². The Morgan fingerprint density at radius 3 is 1.52 bits per heavy atom. The molecule has 1 aliphatic rings. The highest BCUT2D eigenvalue weighted by atomic mass is 32.2. The van der Waals surface area contributed by atoms with E-state index in [1.807, 2.05) is 13.8 Å². The van der Waals surface area contributed by atoms with E-state index in [0.29, 0.717) is 19.3 Å². The molecule has 0 heterocycles. The van der Waals surface area contributed by atoms with Crippen LogP contribution in [0.25, 0.3) is 11.1 Å². The number of hydrogen-bond donors (Lipinski definition) is 0. The standard InChI is InChI=1S/C21H26O6S2/c1-3-5-11-26-28(22,23)18-7-9-20-16(14-18)13-17-15-19(8-10-21(17)20)29(24,25)27-12-6-4-2/h7-10,14-15H,3-6,11-13H2,1-2H3. The van der Waals surface area contributed by atoms with Gasteiger partial charge in [-0.1, -0.05) is 38.8 Å². The lowest BCUT2D eigenvalue weighted by Crippen LogP contribution is -2.08. The minimum atomic E-state index is -3.80. The Balaban J connectivity index is 1.84. The predicted molar refractivity (Wildman–Crippen MR) is 111 cm³/mol. The molecule has 29 heavy (non-hydrogen) atoms. The third kappa shape index (κ3) is 4.88. The molecule has 0 amide bonds. The minimum Gasteiger partial charge on any atom is -0.266 e. The SMILES string of the molecule is CCCCOS(=O)(=O)c1ccc2c(c1)Cc1cc(S(=O)(=O)OCCCC)ccc1-2. The van der Waals surface area contributed by atoms with Crippen LogP contribution in [-0.4, -0.2) is 30.0 Å². The summed E-state index contributed by atoms with van der Waals surface area (Å²) < 4.78 is 59.6. The van der Waals surface area contributed by atoms with E-state index in [1.54, 1.807) is 24.3 Å². The van der Waals surface area contributed by atoms with Crippen molar-refractivity contribution in [2.24, 2.45) is 0 Å². The summed E-state index contributed by atoms with van der Waals surface area (Å²) >= 11 is 0. The lowest BCUT2D eigenvalue weighted by Gasteiger charge is -2.08. The van der Waals surface area contributed by atoms with Crippen LogP contribution in [0.5, 0.6) is 0 Å². The average Bonchev–Trinajstić information content (AvgIpc) is 3.05. The van der Waals surface area contributed by atoms with Gasteiger partial charge in [-0.05, 0) is 65.8 Å². The summed E-state index contributed by atoms with van der Waals surface area (Å²) in [7, 11) is -7.60. The van der Waals surface area contributed by atoms with Crippen molar-refractivity contribution in [3.05, 3.63) is 47.5 Å². The van der Waals surface area contributed by atoms with Crippen LogP contribution < -0.4 is 0 Å². The number of hydrogen-bond acceptors (Lipinski definition) is 6. The zero-order valence-electron chi connectivity index (χ0n) is 16.7. The number of benzene rings is 2. The second-order valence-electron chi connectivity index (χ2n) is 7.07. The van der Waals surface area contributed by atoms with E-state index >= 15 is 0 Å². The van der Waals surface area contributed by atoms with Gasteiger partial charge in [0.15, 0.2) is 0 Å². The zero-order valence-corrected chi connectivity index (χ0v) is 18.3. The van der Waals surface area contributed by atoms with Gasteiger partial charge in [-0.2, -0.15) is 16.8 Å². The van der Waals surface area contributed by atoms with Crippen LogP contribution in [0.2, 0.25) is 0 Å². The molecule has 2 aromatic rings. The molecule has 0 aliphatic heterocycles. The second-order valence-corrected chi connectivity index (χ2v) is 10.3. The third-order valence-corrected chi connectivity index (χ3v) is 7.49. The monoisotopic (exact) mass is 438 g/mol. The molecule has 0 N–H and O–H groups in total. The summed E-state index contributed by atoms with van der Waals surface area (Å²) in [5.41, 5.74) is 3.48. The van der Waals surface area contributed by atoms with Crippen molar-refractivity contribution in [3.8, 4) is 11.1 Å². The number of fused-ring (bicyclic) bond motifs is 3. The first-order valence-electron chi connectivity index (χ1n) is 9.83. The van der Waals surface area contributed by atoms with E-state index in [1.165, 1.54) is 12.1 Å². The summed E-state index contributed by atoms with van der Waals surface area (Å²) in [5, 5.41) is 0. The Kier molecular flexibility index (Phi) is 6.78. The fraction of sp³-hybridized carbons (Fsp3) is 0.429. The van der Waals surface area contributed by atoms with Crippen LogP contribution in [0.15, 0.2) is 46.2 Å². The van der Waals surface area contributed by atoms with Crippen molar-refractivity contribution in [1.82, 2.24) is 0 Å². The number of unbranched alkanes of at least 4 members (excludes halogenated alkanes) is 2. The average molecular weight is 439 g/mol. The molecule has 0 atom stereocenters. The van der Waals surface area contributed by atoms with E-state index in [4.69, 9.17) is 8.37 Å². The maximum atomic E-state index is 12.4. The highest BCUT2D eigenvalue weighted by molar-refractivity contribution is 7.87. The normalized spacial score (nSPS) is 13.3. The number of rotatable bonds is 10. The lowest BCUT2D eigenvalue weighted by molar-refractivity contribution is 0.310. The summed E-state index contributed by atoms with van der Waals surface area (Å²) in [6.45, 7) is 4.25. The Morgan fingerprint density at radius 1 is 0.724 bits per heavy atom. The first kappa shape index (κ1) is 22.0. The third-order valence-electron chi connectivity index (χ3n) is 4.87. The fourth-order valence-corrected chi connectivity index (χ4v) is 5.23. The highest BCUT2D eigenvalue weighted by Gasteiger charge is 2.25. The van der Waals surface area contributed by atoms with Crippen LogP contribution >= 0.6 is 0 Å². The van der Waals surface area contributed by atoms with E-state index < -0.39 is 20.2 Å². The topological polar surface area (TPSA) is 86.7 Å². The Labute approximate surface area is 173 Å². The molecule has 0 unspecified atom stereocenters. The van der Waals surface area contributed by atoms with Crippen molar-refractivity contribution in [3.63, 3.8) is 0 Å². The van der Waals surface area contributed by atoms with Crippen LogP contribution in [0.4, 0.5) is 0 Å². The van der Waals surface area contributed by atoms with Gasteiger partial charge < -0.3 is 0 Å². The first-order valence-corrected chi connectivity index (χ1v) is 12.6. The van der Waals surface area contributed by atoms with Crippen LogP contribution in [0.3, 0.4) is 0 Å². The van der Waals surface area contributed by atoms with E-state index in [0.717, 1.165) is 35.1 Å². The van der Waals surface area contributed by atoms with E-state index in [-0.39, 0.29) is 23.0 Å². The molecular formula is C21H26O6S2. The molecule has 8 heteroatoms. The summed E-state index contributed by atoms with van der Waals surface area (Å²) in [6.07, 6.45) is 3.51. The van der Waals surface area contributed by atoms with Crippen molar-refractivity contribution < 1.29 is 25.2 Å². The molecule has 0 saturated carbocycles. The minimum absolute atomic E-state index is 0.121.